The van der Waals surface area contributed by atoms with Crippen LogP contribution in [0.5, 0.6) is 0 Å². The fourth-order valence-corrected chi connectivity index (χ4v) is 5.17. The predicted octanol–water partition coefficient (Wildman–Crippen LogP) is 3.17. The van der Waals surface area contributed by atoms with Gasteiger partial charge < -0.3 is 19.7 Å². The fourth-order valence-electron chi connectivity index (χ4n) is 5.17. The highest BCUT2D eigenvalue weighted by atomic mass is 16.2. The smallest absolute Gasteiger partial charge is 0.318 e. The van der Waals surface area contributed by atoms with E-state index in [2.05, 4.69) is 36.0 Å². The molecular weight excluding hydrogens is 338 g/mol. The Bertz CT molecular complexity index is 680. The van der Waals surface area contributed by atoms with E-state index in [1.807, 2.05) is 28.9 Å². The molecule has 1 aromatic rings. The molecule has 2 saturated heterocycles. The molecule has 150 valence electrons. The van der Waals surface area contributed by atoms with Gasteiger partial charge in [0.25, 0.3) is 0 Å². The van der Waals surface area contributed by atoms with Crippen molar-refractivity contribution in [1.82, 2.24) is 24.7 Å². The molecule has 2 aliphatic heterocycles. The van der Waals surface area contributed by atoms with Gasteiger partial charge in [-0.15, -0.1) is 0 Å². The Morgan fingerprint density at radius 2 is 2.07 bits per heavy atom. The first-order chi connectivity index (χ1) is 12.9. The van der Waals surface area contributed by atoms with E-state index in [1.165, 1.54) is 38.6 Å². The van der Waals surface area contributed by atoms with Crippen LogP contribution in [0.15, 0.2) is 12.4 Å². The number of imidazole rings is 1. The molecule has 0 spiro atoms. The number of carbonyl (C=O) groups excluding carboxylic acids is 1. The summed E-state index contributed by atoms with van der Waals surface area (Å²) in [5.41, 5.74) is 0.0611. The zero-order valence-corrected chi connectivity index (χ0v) is 17.3. The number of aromatic nitrogens is 2. The number of piperidine rings is 1. The summed E-state index contributed by atoms with van der Waals surface area (Å²) in [6.45, 7) is 9.79. The second kappa shape index (κ2) is 7.12. The van der Waals surface area contributed by atoms with Gasteiger partial charge in [0.05, 0.1) is 6.04 Å². The van der Waals surface area contributed by atoms with Gasteiger partial charge in [-0.05, 0) is 45.1 Å². The Balaban J connectivity index is 1.37. The normalized spacial score (nSPS) is 29.7. The van der Waals surface area contributed by atoms with Gasteiger partial charge >= 0.3 is 6.03 Å². The van der Waals surface area contributed by atoms with Gasteiger partial charge in [-0.25, -0.2) is 9.78 Å². The standard InChI is InChI=1S/C21H35N5O/c1-15(16-7-6-11-25(13-16)17-8-5-9-17)23-20(27)26-14-21(2,3)18(26)19-22-10-12-24(19)4/h10,12,15-18H,5-9,11,13-14H2,1-4H3,(H,23,27). The van der Waals surface area contributed by atoms with Gasteiger partial charge in [-0.3, -0.25) is 0 Å². The van der Waals surface area contributed by atoms with Gasteiger partial charge in [-0.1, -0.05) is 20.3 Å². The molecule has 4 rings (SSSR count). The monoisotopic (exact) mass is 373 g/mol. The quantitative estimate of drug-likeness (QED) is 0.882. The first-order valence-corrected chi connectivity index (χ1v) is 10.7. The summed E-state index contributed by atoms with van der Waals surface area (Å²) in [6.07, 6.45) is 10.4. The fraction of sp³-hybridized carbons (Fsp3) is 0.810. The molecule has 3 heterocycles. The van der Waals surface area contributed by atoms with E-state index in [0.29, 0.717) is 5.92 Å². The van der Waals surface area contributed by atoms with Gasteiger partial charge in [-0.2, -0.15) is 0 Å². The van der Waals surface area contributed by atoms with Crippen LogP contribution in [0.1, 0.15) is 64.7 Å². The van der Waals surface area contributed by atoms with E-state index in [4.69, 9.17) is 0 Å². The van der Waals surface area contributed by atoms with Crippen molar-refractivity contribution in [3.8, 4) is 0 Å². The number of nitrogens with zero attached hydrogens (tertiary/aromatic N) is 4. The molecule has 1 aromatic heterocycles. The molecule has 6 nitrogen and oxygen atoms in total. The Morgan fingerprint density at radius 1 is 1.30 bits per heavy atom. The lowest BCUT2D eigenvalue weighted by molar-refractivity contribution is -0.0249. The predicted molar refractivity (Wildman–Crippen MR) is 106 cm³/mol. The molecule has 1 N–H and O–H groups in total. The highest BCUT2D eigenvalue weighted by Gasteiger charge is 2.51. The number of carbonyl (C=O) groups is 1. The third-order valence-corrected chi connectivity index (χ3v) is 7.13. The van der Waals surface area contributed by atoms with Crippen LogP contribution in [-0.4, -0.2) is 57.1 Å². The SMILES string of the molecule is CC(NC(=O)N1CC(C)(C)C1c1nccn1C)C1CCCN(C2CCC2)C1. The Morgan fingerprint density at radius 3 is 2.67 bits per heavy atom. The summed E-state index contributed by atoms with van der Waals surface area (Å²) >= 11 is 0. The number of aryl methyl sites for hydroxylation is 1. The minimum atomic E-state index is 0.0440. The molecule has 1 aliphatic carbocycles. The van der Waals surface area contributed by atoms with E-state index in [1.54, 1.807) is 0 Å². The van der Waals surface area contributed by atoms with Crippen LogP contribution in [0.3, 0.4) is 0 Å². The second-order valence-corrected chi connectivity index (χ2v) is 9.64. The van der Waals surface area contributed by atoms with Crippen molar-refractivity contribution in [3.63, 3.8) is 0 Å². The molecule has 0 aromatic carbocycles. The largest absolute Gasteiger partial charge is 0.336 e. The van der Waals surface area contributed by atoms with Crippen LogP contribution >= 0.6 is 0 Å². The molecular formula is C21H35N5O. The van der Waals surface area contributed by atoms with Crippen LogP contribution in [0, 0.1) is 11.3 Å². The molecule has 0 radical (unpaired) electrons. The van der Waals surface area contributed by atoms with E-state index in [-0.39, 0.29) is 23.5 Å². The van der Waals surface area contributed by atoms with Crippen molar-refractivity contribution in [1.29, 1.82) is 0 Å². The highest BCUT2D eigenvalue weighted by molar-refractivity contribution is 5.76. The first-order valence-electron chi connectivity index (χ1n) is 10.7. The van der Waals surface area contributed by atoms with Gasteiger partial charge in [0.2, 0.25) is 0 Å². The van der Waals surface area contributed by atoms with Crippen LogP contribution in [-0.2, 0) is 7.05 Å². The van der Waals surface area contributed by atoms with Crippen molar-refractivity contribution >= 4 is 6.03 Å². The van der Waals surface area contributed by atoms with Crippen LogP contribution in [0.4, 0.5) is 4.79 Å². The summed E-state index contributed by atoms with van der Waals surface area (Å²) in [5, 5.41) is 3.32. The summed E-state index contributed by atoms with van der Waals surface area (Å²) < 4.78 is 2.03. The lowest BCUT2D eigenvalue weighted by Gasteiger charge is -2.53. The summed E-state index contributed by atoms with van der Waals surface area (Å²) in [7, 11) is 2.01. The molecule has 3 aliphatic rings. The van der Waals surface area contributed by atoms with Gasteiger partial charge in [0.15, 0.2) is 0 Å². The Hall–Kier alpha value is -1.56. The van der Waals surface area contributed by atoms with Crippen LogP contribution in [0.25, 0.3) is 0 Å². The van der Waals surface area contributed by atoms with Crippen molar-refractivity contribution in [3.05, 3.63) is 18.2 Å². The maximum Gasteiger partial charge on any atom is 0.318 e. The molecule has 27 heavy (non-hydrogen) atoms. The highest BCUT2D eigenvalue weighted by Crippen LogP contribution is 2.47. The maximum atomic E-state index is 13.0. The average Bonchev–Trinajstić information content (AvgIpc) is 2.97. The second-order valence-electron chi connectivity index (χ2n) is 9.64. The topological polar surface area (TPSA) is 53.4 Å². The summed E-state index contributed by atoms with van der Waals surface area (Å²) in [6, 6.07) is 1.13. The third-order valence-electron chi connectivity index (χ3n) is 7.13. The van der Waals surface area contributed by atoms with E-state index in [0.717, 1.165) is 25.0 Å². The number of amides is 2. The number of hydrogen-bond acceptors (Lipinski definition) is 3. The summed E-state index contributed by atoms with van der Waals surface area (Å²) in [5.74, 6) is 1.53. The Kier molecular flexibility index (Phi) is 4.95. The van der Waals surface area contributed by atoms with Crippen molar-refractivity contribution < 1.29 is 4.79 Å². The zero-order chi connectivity index (χ0) is 19.2. The minimum absolute atomic E-state index is 0.0440. The van der Waals surface area contributed by atoms with E-state index < -0.39 is 0 Å². The van der Waals surface area contributed by atoms with Gasteiger partial charge in [0, 0.05) is 50.0 Å². The summed E-state index contributed by atoms with van der Waals surface area (Å²) in [4.78, 5) is 22.2. The first kappa shape index (κ1) is 18.8. The van der Waals surface area contributed by atoms with Crippen molar-refractivity contribution in [2.24, 2.45) is 18.4 Å². The number of likely N-dealkylation sites (tertiary alicyclic amines) is 2. The lowest BCUT2D eigenvalue weighted by Crippen LogP contribution is -2.62. The molecule has 3 atom stereocenters. The molecule has 3 fully saturated rings. The zero-order valence-electron chi connectivity index (χ0n) is 17.3. The third kappa shape index (κ3) is 3.48. The number of urea groups is 1. The number of rotatable bonds is 4. The van der Waals surface area contributed by atoms with E-state index >= 15 is 0 Å². The molecule has 3 unspecified atom stereocenters. The maximum absolute atomic E-state index is 13.0. The number of hydrogen-bond donors (Lipinski definition) is 1. The molecule has 1 saturated carbocycles. The van der Waals surface area contributed by atoms with Crippen molar-refractivity contribution in [2.45, 2.75) is 71.0 Å². The van der Waals surface area contributed by atoms with Crippen LogP contribution in [0.2, 0.25) is 0 Å². The lowest BCUT2D eigenvalue weighted by atomic mass is 9.74. The minimum Gasteiger partial charge on any atom is -0.336 e. The Labute approximate surface area is 163 Å². The number of nitrogens with one attached hydrogen (secondary N) is 1. The van der Waals surface area contributed by atoms with E-state index in [9.17, 15) is 4.79 Å². The van der Waals surface area contributed by atoms with Gasteiger partial charge in [0.1, 0.15) is 5.82 Å². The van der Waals surface area contributed by atoms with Crippen LogP contribution < -0.4 is 5.32 Å². The molecule has 6 heteroatoms. The molecule has 2 amide bonds. The average molecular weight is 374 g/mol. The molecule has 0 bridgehead atoms. The van der Waals surface area contributed by atoms with Crippen molar-refractivity contribution in [2.75, 3.05) is 19.6 Å².